The molecule has 1 rings (SSSR count). The summed E-state index contributed by atoms with van der Waals surface area (Å²) >= 11 is 3.30. The summed E-state index contributed by atoms with van der Waals surface area (Å²) < 4.78 is 26.5. The second kappa shape index (κ2) is 4.03. The minimum atomic E-state index is -2.46. The molecule has 2 unspecified atom stereocenters. The van der Waals surface area contributed by atoms with Gasteiger partial charge in [-0.25, -0.2) is 8.78 Å². The van der Waals surface area contributed by atoms with Crippen LogP contribution in [0.5, 0.6) is 0 Å². The molecular weight excluding hydrogens is 226 g/mol. The van der Waals surface area contributed by atoms with Crippen LogP contribution in [-0.4, -0.2) is 10.7 Å². The third kappa shape index (κ3) is 2.68. The van der Waals surface area contributed by atoms with Crippen LogP contribution in [0, 0.1) is 5.92 Å². The maximum atomic E-state index is 13.3. The minimum absolute atomic E-state index is 0.00810. The van der Waals surface area contributed by atoms with E-state index in [9.17, 15) is 8.78 Å². The number of alkyl halides is 3. The van der Waals surface area contributed by atoms with Crippen molar-refractivity contribution in [3.63, 3.8) is 0 Å². The molecule has 1 saturated carbocycles. The number of rotatable bonds is 0. The van der Waals surface area contributed by atoms with Gasteiger partial charge in [0.05, 0.1) is 0 Å². The first-order valence-electron chi connectivity index (χ1n) is 4.54. The topological polar surface area (TPSA) is 0 Å². The van der Waals surface area contributed by atoms with Gasteiger partial charge in [-0.2, -0.15) is 0 Å². The zero-order valence-electron chi connectivity index (χ0n) is 7.32. The van der Waals surface area contributed by atoms with Gasteiger partial charge in [-0.15, -0.1) is 0 Å². The van der Waals surface area contributed by atoms with Gasteiger partial charge < -0.3 is 0 Å². The van der Waals surface area contributed by atoms with Crippen LogP contribution in [0.2, 0.25) is 0 Å². The van der Waals surface area contributed by atoms with E-state index in [0.717, 1.165) is 19.3 Å². The van der Waals surface area contributed by atoms with E-state index < -0.39 is 11.8 Å². The lowest BCUT2D eigenvalue weighted by Crippen LogP contribution is -2.30. The lowest BCUT2D eigenvalue weighted by Gasteiger charge is -2.28. The predicted octanol–water partition coefficient (Wildman–Crippen LogP) is 3.99. The molecule has 12 heavy (non-hydrogen) atoms. The quantitative estimate of drug-likeness (QED) is 0.562. The number of hydrogen-bond donors (Lipinski definition) is 0. The van der Waals surface area contributed by atoms with Crippen molar-refractivity contribution in [2.75, 3.05) is 0 Å². The van der Waals surface area contributed by atoms with E-state index >= 15 is 0 Å². The maximum Gasteiger partial charge on any atom is 0.251 e. The van der Waals surface area contributed by atoms with Gasteiger partial charge in [0, 0.05) is 17.2 Å². The highest BCUT2D eigenvalue weighted by atomic mass is 79.9. The Morgan fingerprint density at radius 2 is 1.83 bits per heavy atom. The highest BCUT2D eigenvalue weighted by Gasteiger charge is 2.38. The molecule has 2 atom stereocenters. The molecule has 3 heteroatoms. The van der Waals surface area contributed by atoms with Gasteiger partial charge in [0.25, 0.3) is 5.92 Å². The first kappa shape index (κ1) is 10.4. The lowest BCUT2D eigenvalue weighted by atomic mass is 9.89. The van der Waals surface area contributed by atoms with Crippen molar-refractivity contribution in [1.82, 2.24) is 0 Å². The third-order valence-corrected chi connectivity index (χ3v) is 3.40. The summed E-state index contributed by atoms with van der Waals surface area (Å²) in [4.78, 5) is 0.00949. The molecule has 0 aromatic rings. The average Bonchev–Trinajstić information content (AvgIpc) is 1.95. The van der Waals surface area contributed by atoms with Crippen LogP contribution in [0.15, 0.2) is 0 Å². The summed E-state index contributed by atoms with van der Waals surface area (Å²) in [6.45, 7) is 1.66. The zero-order valence-corrected chi connectivity index (χ0v) is 8.91. The van der Waals surface area contributed by atoms with Gasteiger partial charge in [-0.3, -0.25) is 0 Å². The SMILES string of the molecule is CC1CCCCC(Br)CC1(F)F. The summed E-state index contributed by atoms with van der Waals surface area (Å²) in [5.74, 6) is -2.91. The Bertz CT molecular complexity index is 147. The number of hydrogen-bond acceptors (Lipinski definition) is 0. The van der Waals surface area contributed by atoms with Crippen LogP contribution < -0.4 is 0 Å². The molecule has 0 amide bonds. The summed E-state index contributed by atoms with van der Waals surface area (Å²) in [7, 11) is 0. The molecule has 0 aromatic carbocycles. The molecule has 1 aliphatic rings. The van der Waals surface area contributed by atoms with E-state index in [1.165, 1.54) is 0 Å². The standard InChI is InChI=1S/C9H15BrF2/c1-7-4-2-3-5-8(10)6-9(7,11)12/h7-8H,2-6H2,1H3. The minimum Gasteiger partial charge on any atom is -0.207 e. The van der Waals surface area contributed by atoms with E-state index in [2.05, 4.69) is 15.9 Å². The normalized spacial score (nSPS) is 37.0. The van der Waals surface area contributed by atoms with Crippen molar-refractivity contribution in [3.05, 3.63) is 0 Å². The van der Waals surface area contributed by atoms with E-state index in [0.29, 0.717) is 6.42 Å². The van der Waals surface area contributed by atoms with E-state index in [1.807, 2.05) is 0 Å². The third-order valence-electron chi connectivity index (χ3n) is 2.62. The molecule has 0 spiro atoms. The Labute approximate surface area is 80.9 Å². The Morgan fingerprint density at radius 1 is 1.25 bits per heavy atom. The van der Waals surface area contributed by atoms with Crippen molar-refractivity contribution >= 4 is 15.9 Å². The molecule has 0 bridgehead atoms. The largest absolute Gasteiger partial charge is 0.251 e. The fourth-order valence-electron chi connectivity index (χ4n) is 1.63. The zero-order chi connectivity index (χ0) is 9.19. The summed E-state index contributed by atoms with van der Waals surface area (Å²) in [6.07, 6.45) is 3.60. The molecule has 1 aliphatic carbocycles. The molecular formula is C9H15BrF2. The highest BCUT2D eigenvalue weighted by molar-refractivity contribution is 9.09. The van der Waals surface area contributed by atoms with Gasteiger partial charge in [0.15, 0.2) is 0 Å². The van der Waals surface area contributed by atoms with Crippen LogP contribution in [0.4, 0.5) is 8.78 Å². The predicted molar refractivity (Wildman–Crippen MR) is 49.9 cm³/mol. The van der Waals surface area contributed by atoms with Crippen molar-refractivity contribution in [2.45, 2.75) is 49.8 Å². The van der Waals surface area contributed by atoms with Crippen LogP contribution in [-0.2, 0) is 0 Å². The van der Waals surface area contributed by atoms with Crippen molar-refractivity contribution in [2.24, 2.45) is 5.92 Å². The van der Waals surface area contributed by atoms with Crippen molar-refractivity contribution in [3.8, 4) is 0 Å². The van der Waals surface area contributed by atoms with Crippen molar-refractivity contribution in [1.29, 1.82) is 0 Å². The molecule has 0 nitrogen and oxygen atoms in total. The Morgan fingerprint density at radius 3 is 2.50 bits per heavy atom. The first-order valence-corrected chi connectivity index (χ1v) is 5.46. The van der Waals surface area contributed by atoms with E-state index in [4.69, 9.17) is 0 Å². The molecule has 0 N–H and O–H groups in total. The van der Waals surface area contributed by atoms with Crippen LogP contribution >= 0.6 is 15.9 Å². The summed E-state index contributed by atoms with van der Waals surface area (Å²) in [5, 5.41) is 0. The second-order valence-electron chi connectivity index (χ2n) is 3.75. The molecule has 0 aliphatic heterocycles. The summed E-state index contributed by atoms with van der Waals surface area (Å²) in [5.41, 5.74) is 0. The molecule has 0 saturated heterocycles. The Balaban J connectivity index is 2.57. The van der Waals surface area contributed by atoms with Crippen LogP contribution in [0.25, 0.3) is 0 Å². The Hall–Kier alpha value is 0.340. The molecule has 0 aromatic heterocycles. The lowest BCUT2D eigenvalue weighted by molar-refractivity contribution is -0.0653. The Kier molecular flexibility index (Phi) is 3.50. The molecule has 0 heterocycles. The maximum absolute atomic E-state index is 13.3. The van der Waals surface area contributed by atoms with Gasteiger partial charge in [0.2, 0.25) is 0 Å². The number of halogens is 3. The van der Waals surface area contributed by atoms with E-state index in [1.54, 1.807) is 6.92 Å². The van der Waals surface area contributed by atoms with Gasteiger partial charge >= 0.3 is 0 Å². The fraction of sp³-hybridized carbons (Fsp3) is 1.00. The second-order valence-corrected chi connectivity index (χ2v) is 5.04. The monoisotopic (exact) mass is 240 g/mol. The van der Waals surface area contributed by atoms with Gasteiger partial charge in [-0.1, -0.05) is 35.7 Å². The smallest absolute Gasteiger partial charge is 0.207 e. The van der Waals surface area contributed by atoms with Crippen molar-refractivity contribution < 1.29 is 8.78 Å². The van der Waals surface area contributed by atoms with Gasteiger partial charge in [-0.05, 0) is 12.8 Å². The van der Waals surface area contributed by atoms with E-state index in [-0.39, 0.29) is 11.2 Å². The highest BCUT2D eigenvalue weighted by Crippen LogP contribution is 2.37. The van der Waals surface area contributed by atoms with Gasteiger partial charge in [0.1, 0.15) is 0 Å². The molecule has 1 fully saturated rings. The van der Waals surface area contributed by atoms with Crippen LogP contribution in [0.3, 0.4) is 0 Å². The average molecular weight is 241 g/mol. The first-order chi connectivity index (χ1) is 5.52. The molecule has 72 valence electrons. The molecule has 0 radical (unpaired) electrons. The fourth-order valence-corrected chi connectivity index (χ4v) is 2.38. The van der Waals surface area contributed by atoms with Crippen LogP contribution in [0.1, 0.15) is 39.0 Å². The summed E-state index contributed by atoms with van der Waals surface area (Å²) in [6, 6.07) is 0.